The summed E-state index contributed by atoms with van der Waals surface area (Å²) >= 11 is 0. The summed E-state index contributed by atoms with van der Waals surface area (Å²) in [6.07, 6.45) is 6.29. The predicted octanol–water partition coefficient (Wildman–Crippen LogP) is 1.49. The van der Waals surface area contributed by atoms with Crippen molar-refractivity contribution in [2.75, 3.05) is 13.1 Å². The van der Waals surface area contributed by atoms with Crippen molar-refractivity contribution in [1.29, 1.82) is 0 Å². The second kappa shape index (κ2) is 6.27. The van der Waals surface area contributed by atoms with Crippen molar-refractivity contribution in [2.45, 2.75) is 38.3 Å². The number of carboxylic acid groups (broad SMARTS) is 1. The van der Waals surface area contributed by atoms with E-state index in [1.807, 2.05) is 0 Å². The van der Waals surface area contributed by atoms with Gasteiger partial charge in [0.25, 0.3) is 0 Å². The molecule has 8 heteroatoms. The van der Waals surface area contributed by atoms with Crippen LogP contribution in [-0.2, 0) is 0 Å². The fourth-order valence-electron chi connectivity index (χ4n) is 3.14. The molecule has 1 aliphatic heterocycles. The van der Waals surface area contributed by atoms with Crippen molar-refractivity contribution in [2.24, 2.45) is 0 Å². The molecule has 0 aromatic carbocycles. The maximum Gasteiger partial charge on any atom is 0.356 e. The Balaban J connectivity index is 1.74. The first kappa shape index (κ1) is 14.7. The smallest absolute Gasteiger partial charge is 0.356 e. The zero-order valence-corrected chi connectivity index (χ0v) is 12.5. The molecule has 22 heavy (non-hydrogen) atoms. The maximum atomic E-state index is 11.0. The van der Waals surface area contributed by atoms with Gasteiger partial charge in [-0.3, -0.25) is 14.7 Å². The Hall–Kier alpha value is -2.22. The number of aromatic nitrogens is 5. The number of rotatable bonds is 5. The number of carbonyl (C=O) groups is 1. The molecule has 1 aliphatic rings. The summed E-state index contributed by atoms with van der Waals surface area (Å²) < 4.78 is 1.78. The third-order valence-corrected chi connectivity index (χ3v) is 4.21. The first-order valence-electron chi connectivity index (χ1n) is 7.56. The molecule has 2 aromatic heterocycles. The number of nitrogens with one attached hydrogen (secondary N) is 1. The van der Waals surface area contributed by atoms with E-state index >= 15 is 0 Å². The van der Waals surface area contributed by atoms with Crippen molar-refractivity contribution >= 4 is 5.97 Å². The summed E-state index contributed by atoms with van der Waals surface area (Å²) in [5, 5.41) is 20.1. The Labute approximate surface area is 128 Å². The van der Waals surface area contributed by atoms with Crippen LogP contribution in [0.25, 0.3) is 0 Å². The highest BCUT2D eigenvalue weighted by atomic mass is 16.4. The third-order valence-electron chi connectivity index (χ3n) is 4.21. The van der Waals surface area contributed by atoms with Crippen molar-refractivity contribution in [3.8, 4) is 0 Å². The van der Waals surface area contributed by atoms with E-state index in [9.17, 15) is 4.79 Å². The Morgan fingerprint density at radius 2 is 2.45 bits per heavy atom. The summed E-state index contributed by atoms with van der Waals surface area (Å²) in [6.45, 7) is 3.97. The van der Waals surface area contributed by atoms with Crippen LogP contribution in [0.1, 0.15) is 54.6 Å². The number of hydrogen-bond donors (Lipinski definition) is 2. The minimum absolute atomic E-state index is 0.0967. The van der Waals surface area contributed by atoms with E-state index in [-0.39, 0.29) is 17.8 Å². The van der Waals surface area contributed by atoms with Crippen LogP contribution >= 0.6 is 0 Å². The van der Waals surface area contributed by atoms with Gasteiger partial charge in [0.05, 0.1) is 12.1 Å². The Morgan fingerprint density at radius 1 is 1.59 bits per heavy atom. The largest absolute Gasteiger partial charge is 0.476 e. The quantitative estimate of drug-likeness (QED) is 0.868. The van der Waals surface area contributed by atoms with E-state index < -0.39 is 5.97 Å². The highest BCUT2D eigenvalue weighted by Gasteiger charge is 2.28. The van der Waals surface area contributed by atoms with Gasteiger partial charge in [-0.05, 0) is 31.9 Å². The van der Waals surface area contributed by atoms with Crippen LogP contribution < -0.4 is 0 Å². The highest BCUT2D eigenvalue weighted by Crippen LogP contribution is 2.29. The van der Waals surface area contributed by atoms with E-state index in [0.717, 1.165) is 38.2 Å². The van der Waals surface area contributed by atoms with Crippen LogP contribution in [0.2, 0.25) is 0 Å². The molecule has 1 fully saturated rings. The van der Waals surface area contributed by atoms with Crippen LogP contribution in [0.4, 0.5) is 0 Å². The number of carboxylic acids is 1. The van der Waals surface area contributed by atoms with Crippen molar-refractivity contribution < 1.29 is 9.90 Å². The van der Waals surface area contributed by atoms with Gasteiger partial charge < -0.3 is 5.11 Å². The molecule has 8 nitrogen and oxygen atoms in total. The van der Waals surface area contributed by atoms with Gasteiger partial charge in [-0.1, -0.05) is 6.92 Å². The predicted molar refractivity (Wildman–Crippen MR) is 78.4 cm³/mol. The Bertz CT molecular complexity index is 623. The molecule has 2 unspecified atom stereocenters. The average Bonchev–Trinajstić information content (AvgIpc) is 3.20. The van der Waals surface area contributed by atoms with Gasteiger partial charge in [0, 0.05) is 12.7 Å². The summed E-state index contributed by atoms with van der Waals surface area (Å²) in [7, 11) is 0. The molecule has 0 aliphatic carbocycles. The number of piperidine rings is 1. The zero-order chi connectivity index (χ0) is 15.5. The minimum Gasteiger partial charge on any atom is -0.476 e. The Morgan fingerprint density at radius 3 is 3.09 bits per heavy atom. The van der Waals surface area contributed by atoms with Gasteiger partial charge in [-0.25, -0.2) is 9.78 Å². The molecular formula is C14H20N6O2. The van der Waals surface area contributed by atoms with Crippen molar-refractivity contribution in [1.82, 2.24) is 29.9 Å². The van der Waals surface area contributed by atoms with Crippen molar-refractivity contribution in [3.05, 3.63) is 30.1 Å². The molecule has 2 atom stereocenters. The molecule has 0 saturated carbocycles. The monoisotopic (exact) mass is 304 g/mol. The lowest BCUT2D eigenvalue weighted by molar-refractivity contribution is 0.0687. The number of aromatic carboxylic acids is 1. The third kappa shape index (κ3) is 2.87. The standard InChI is InChI=1S/C14H20N6O2/c1-2-12(13-15-9-16-17-13)19-6-3-4-10(8-19)20-7-5-11(18-20)14(21)22/h5,7,9-10,12H,2-4,6,8H2,1H3,(H,21,22)(H,15,16,17). The number of H-pyrrole nitrogens is 1. The van der Waals surface area contributed by atoms with Gasteiger partial charge in [0.2, 0.25) is 0 Å². The molecule has 118 valence electrons. The molecule has 3 heterocycles. The van der Waals surface area contributed by atoms with Crippen molar-refractivity contribution in [3.63, 3.8) is 0 Å². The van der Waals surface area contributed by atoms with E-state index in [4.69, 9.17) is 5.11 Å². The fourth-order valence-corrected chi connectivity index (χ4v) is 3.14. The lowest BCUT2D eigenvalue weighted by Gasteiger charge is -2.37. The number of likely N-dealkylation sites (tertiary alicyclic amines) is 1. The van der Waals surface area contributed by atoms with Crippen LogP contribution in [0.15, 0.2) is 18.6 Å². The highest BCUT2D eigenvalue weighted by molar-refractivity contribution is 5.85. The Kier molecular flexibility index (Phi) is 4.19. The molecule has 1 saturated heterocycles. The van der Waals surface area contributed by atoms with Gasteiger partial charge >= 0.3 is 5.97 Å². The van der Waals surface area contributed by atoms with E-state index in [1.165, 1.54) is 6.33 Å². The molecule has 2 aromatic rings. The van der Waals surface area contributed by atoms with E-state index in [2.05, 4.69) is 32.1 Å². The summed E-state index contributed by atoms with van der Waals surface area (Å²) in [4.78, 5) is 17.6. The van der Waals surface area contributed by atoms with Crippen LogP contribution in [0, 0.1) is 0 Å². The second-order valence-corrected chi connectivity index (χ2v) is 5.57. The molecule has 0 radical (unpaired) electrons. The van der Waals surface area contributed by atoms with Crippen LogP contribution in [0.3, 0.4) is 0 Å². The number of hydrogen-bond acceptors (Lipinski definition) is 5. The topological polar surface area (TPSA) is 99.9 Å². The molecule has 3 rings (SSSR count). The van der Waals surface area contributed by atoms with E-state index in [1.54, 1.807) is 16.9 Å². The lowest BCUT2D eigenvalue weighted by Crippen LogP contribution is -2.39. The van der Waals surface area contributed by atoms with Crippen LogP contribution in [0.5, 0.6) is 0 Å². The molecular weight excluding hydrogens is 284 g/mol. The summed E-state index contributed by atoms with van der Waals surface area (Å²) in [5.74, 6) is -0.102. The van der Waals surface area contributed by atoms with Crippen LogP contribution in [-0.4, -0.2) is 54.0 Å². The molecule has 0 bridgehead atoms. The minimum atomic E-state index is -0.987. The second-order valence-electron chi connectivity index (χ2n) is 5.57. The number of nitrogens with zero attached hydrogens (tertiary/aromatic N) is 5. The van der Waals surface area contributed by atoms with Gasteiger partial charge in [0.1, 0.15) is 12.2 Å². The van der Waals surface area contributed by atoms with Gasteiger partial charge in [0.15, 0.2) is 5.69 Å². The van der Waals surface area contributed by atoms with E-state index in [0.29, 0.717) is 0 Å². The summed E-state index contributed by atoms with van der Waals surface area (Å²) in [5.41, 5.74) is 0.0967. The molecule has 2 N–H and O–H groups in total. The lowest BCUT2D eigenvalue weighted by atomic mass is 10.0. The zero-order valence-electron chi connectivity index (χ0n) is 12.5. The maximum absolute atomic E-state index is 11.0. The average molecular weight is 304 g/mol. The van der Waals surface area contributed by atoms with Gasteiger partial charge in [-0.15, -0.1) is 0 Å². The SMILES string of the molecule is CCC(c1ncn[nH]1)N1CCCC(n2ccc(C(=O)O)n2)C1. The first-order valence-corrected chi connectivity index (χ1v) is 7.56. The molecule has 0 spiro atoms. The fraction of sp³-hybridized carbons (Fsp3) is 0.571. The first-order chi connectivity index (χ1) is 10.7. The normalized spacial score (nSPS) is 20.9. The number of aromatic amines is 1. The molecule has 0 amide bonds. The summed E-state index contributed by atoms with van der Waals surface area (Å²) in [6, 6.07) is 1.95. The van der Waals surface area contributed by atoms with Gasteiger partial charge in [-0.2, -0.15) is 10.2 Å².